The summed E-state index contributed by atoms with van der Waals surface area (Å²) in [5.74, 6) is -6.10. The number of nitro benzene ring substituents is 2. The number of halogens is 1. The van der Waals surface area contributed by atoms with Crippen molar-refractivity contribution in [2.45, 2.75) is 18.8 Å². The summed E-state index contributed by atoms with van der Waals surface area (Å²) in [4.78, 5) is 79.9. The Balaban J connectivity index is 1.53. The lowest BCUT2D eigenvalue weighted by atomic mass is 9.59. The third-order valence-electron chi connectivity index (χ3n) is 9.30. The number of carbonyl (C=O) groups excluding carboxylic acids is 4. The van der Waals surface area contributed by atoms with Crippen LogP contribution in [0.4, 0.5) is 22.7 Å². The SMILES string of the molecule is COc1cc(O)cc(OC)c1[C@H]1C2=CC[C@@H]3C(=O)N(c4cc([N+](=O)[O-])c(N(C)C)c([N+](=O)[O-])c4)C(=O)[C@@H]3[C@@H]2CC2=C1C(=O)C=C(Br)C2=O. The maximum absolute atomic E-state index is 14.3. The van der Waals surface area contributed by atoms with Gasteiger partial charge in [-0.15, -0.1) is 0 Å². The molecule has 48 heavy (non-hydrogen) atoms. The summed E-state index contributed by atoms with van der Waals surface area (Å²) in [6.45, 7) is 0. The molecule has 1 N–H and O–H groups in total. The van der Waals surface area contributed by atoms with Gasteiger partial charge in [0.05, 0.1) is 46.1 Å². The van der Waals surface area contributed by atoms with E-state index in [0.717, 1.165) is 17.0 Å². The zero-order chi connectivity index (χ0) is 34.9. The molecule has 0 saturated carbocycles. The quantitative estimate of drug-likeness (QED) is 0.140. The van der Waals surface area contributed by atoms with Gasteiger partial charge in [0.25, 0.3) is 0 Å². The van der Waals surface area contributed by atoms with E-state index < -0.39 is 68.3 Å². The molecule has 1 saturated heterocycles. The highest BCUT2D eigenvalue weighted by Crippen LogP contribution is 2.58. The number of rotatable bonds is 7. The molecule has 1 fully saturated rings. The maximum Gasteiger partial charge on any atom is 0.301 e. The minimum atomic E-state index is -1.08. The molecule has 0 radical (unpaired) electrons. The van der Waals surface area contributed by atoms with Gasteiger partial charge in [0.2, 0.25) is 11.8 Å². The number of allylic oxidation sites excluding steroid dienone is 6. The largest absolute Gasteiger partial charge is 0.508 e. The highest BCUT2D eigenvalue weighted by molar-refractivity contribution is 9.12. The van der Waals surface area contributed by atoms with Gasteiger partial charge < -0.3 is 19.5 Å². The molecule has 248 valence electrons. The number of imide groups is 1. The second-order valence-corrected chi connectivity index (χ2v) is 12.8. The van der Waals surface area contributed by atoms with Gasteiger partial charge in [-0.2, -0.15) is 0 Å². The van der Waals surface area contributed by atoms with Gasteiger partial charge in [-0.05, 0) is 34.7 Å². The van der Waals surface area contributed by atoms with Gasteiger partial charge in [0.1, 0.15) is 17.2 Å². The van der Waals surface area contributed by atoms with Crippen LogP contribution in [0.3, 0.4) is 0 Å². The molecule has 2 aromatic rings. The second kappa shape index (κ2) is 11.7. The molecule has 1 aliphatic heterocycles. The number of fused-ring (bicyclic) bond motifs is 3. The Labute approximate surface area is 280 Å². The van der Waals surface area contributed by atoms with E-state index in [2.05, 4.69) is 15.9 Å². The van der Waals surface area contributed by atoms with E-state index in [1.165, 1.54) is 51.4 Å². The highest BCUT2D eigenvalue weighted by Gasteiger charge is 2.57. The van der Waals surface area contributed by atoms with E-state index in [-0.39, 0.29) is 57.1 Å². The Morgan fingerprint density at radius 1 is 0.938 bits per heavy atom. The van der Waals surface area contributed by atoms with E-state index in [4.69, 9.17) is 9.47 Å². The number of phenolic OH excluding ortho intramolecular Hbond substituents is 1. The minimum absolute atomic E-state index is 0.0190. The van der Waals surface area contributed by atoms with Crippen molar-refractivity contribution in [1.29, 1.82) is 0 Å². The van der Waals surface area contributed by atoms with Gasteiger partial charge in [-0.1, -0.05) is 11.6 Å². The first-order valence-corrected chi connectivity index (χ1v) is 15.4. The topological polar surface area (TPSA) is 200 Å². The molecule has 2 amide bonds. The molecular weight excluding hydrogens is 696 g/mol. The van der Waals surface area contributed by atoms with Crippen molar-refractivity contribution >= 4 is 62.1 Å². The molecule has 15 nitrogen and oxygen atoms in total. The van der Waals surface area contributed by atoms with Crippen LogP contribution in [-0.2, 0) is 19.2 Å². The number of Topliss-reactive ketones (excluding diaryl/α,β-unsaturated/α-hetero) is 1. The Bertz CT molecular complexity index is 1920. The van der Waals surface area contributed by atoms with E-state index in [0.29, 0.717) is 11.1 Å². The Hall–Kier alpha value is -5.38. The number of amides is 2. The lowest BCUT2D eigenvalue weighted by Crippen LogP contribution is -2.39. The summed E-state index contributed by atoms with van der Waals surface area (Å²) in [5, 5.41) is 34.4. The van der Waals surface area contributed by atoms with Crippen LogP contribution < -0.4 is 19.3 Å². The zero-order valence-electron chi connectivity index (χ0n) is 25.9. The summed E-state index contributed by atoms with van der Waals surface area (Å²) in [7, 11) is 5.52. The number of hydrogen-bond acceptors (Lipinski definition) is 12. The number of nitro groups is 2. The highest BCUT2D eigenvalue weighted by atomic mass is 79.9. The summed E-state index contributed by atoms with van der Waals surface area (Å²) in [6.07, 6.45) is 2.86. The van der Waals surface area contributed by atoms with E-state index in [1.807, 2.05) is 0 Å². The van der Waals surface area contributed by atoms with Crippen molar-refractivity contribution in [3.05, 3.63) is 83.4 Å². The van der Waals surface area contributed by atoms with Crippen molar-refractivity contribution < 1.29 is 43.6 Å². The van der Waals surface area contributed by atoms with Crippen molar-refractivity contribution in [1.82, 2.24) is 0 Å². The first-order valence-electron chi connectivity index (χ1n) is 14.6. The number of ketones is 2. The number of benzene rings is 2. The maximum atomic E-state index is 14.3. The number of aromatic hydroxyl groups is 1. The summed E-state index contributed by atoms with van der Waals surface area (Å²) in [5.41, 5.74) is -0.821. The van der Waals surface area contributed by atoms with Crippen LogP contribution in [0, 0.1) is 38.0 Å². The standard InChI is InChI=1S/C32H27BrN4O11/c1-34(2)29-20(36(43)44)7-13(8-21(29)37(45)46)35-31(41)16-6-5-15-17(25(16)32(35)42)11-18-26(22(39)12-19(33)30(18)40)27(15)28-23(47-3)9-14(38)10-24(28)48-4/h5,7-10,12,16-17,25,27,38H,6,11H2,1-4H3/t16-,17+,25-,27-/m0/s1. The Morgan fingerprint density at radius 2 is 1.52 bits per heavy atom. The normalized spacial score (nSPS) is 23.2. The molecule has 4 atom stereocenters. The van der Waals surface area contributed by atoms with Gasteiger partial charge in [-0.25, -0.2) is 4.90 Å². The summed E-state index contributed by atoms with van der Waals surface area (Å²) >= 11 is 3.17. The zero-order valence-corrected chi connectivity index (χ0v) is 27.5. The van der Waals surface area contributed by atoms with Gasteiger partial charge in [0.15, 0.2) is 17.3 Å². The smallest absolute Gasteiger partial charge is 0.301 e. The van der Waals surface area contributed by atoms with Crippen LogP contribution in [-0.4, -0.2) is 66.6 Å². The van der Waals surface area contributed by atoms with Gasteiger partial charge in [-0.3, -0.25) is 39.4 Å². The molecule has 0 spiro atoms. The lowest BCUT2D eigenvalue weighted by Gasteiger charge is -2.42. The number of methoxy groups -OCH3 is 2. The van der Waals surface area contributed by atoms with Crippen LogP contribution in [0.2, 0.25) is 0 Å². The molecular formula is C32H27BrN4O11. The van der Waals surface area contributed by atoms with Crippen LogP contribution in [0.1, 0.15) is 24.3 Å². The van der Waals surface area contributed by atoms with Crippen molar-refractivity contribution in [3.8, 4) is 17.2 Å². The number of carbonyl (C=O) groups is 4. The fourth-order valence-corrected chi connectivity index (χ4v) is 7.90. The van der Waals surface area contributed by atoms with Gasteiger partial charge in [0, 0.05) is 67.1 Å². The average molecular weight is 723 g/mol. The summed E-state index contributed by atoms with van der Waals surface area (Å²) in [6, 6.07) is 4.59. The molecule has 0 aromatic heterocycles. The first kappa shape index (κ1) is 32.6. The molecule has 0 unspecified atom stereocenters. The fourth-order valence-electron chi connectivity index (χ4n) is 7.46. The van der Waals surface area contributed by atoms with Crippen molar-refractivity contribution in [2.24, 2.45) is 17.8 Å². The Kier molecular flexibility index (Phi) is 7.93. The fraction of sp³-hybridized carbons (Fsp3) is 0.312. The van der Waals surface area contributed by atoms with E-state index in [9.17, 15) is 44.5 Å². The molecule has 2 aromatic carbocycles. The second-order valence-electron chi connectivity index (χ2n) is 11.9. The van der Waals surface area contributed by atoms with Crippen LogP contribution in [0.5, 0.6) is 17.2 Å². The van der Waals surface area contributed by atoms with Crippen molar-refractivity contribution in [3.63, 3.8) is 0 Å². The Morgan fingerprint density at radius 3 is 2.04 bits per heavy atom. The molecule has 1 heterocycles. The van der Waals surface area contributed by atoms with Crippen molar-refractivity contribution in [2.75, 3.05) is 38.1 Å². The molecule has 3 aliphatic carbocycles. The molecule has 0 bridgehead atoms. The predicted molar refractivity (Wildman–Crippen MR) is 172 cm³/mol. The van der Waals surface area contributed by atoms with Crippen LogP contribution >= 0.6 is 15.9 Å². The predicted octanol–water partition coefficient (Wildman–Crippen LogP) is 4.26. The molecule has 16 heteroatoms. The third-order valence-corrected chi connectivity index (χ3v) is 9.89. The molecule has 4 aliphatic rings. The van der Waals surface area contributed by atoms with E-state index in [1.54, 1.807) is 6.08 Å². The van der Waals surface area contributed by atoms with Gasteiger partial charge >= 0.3 is 11.4 Å². The number of anilines is 2. The third kappa shape index (κ3) is 4.77. The lowest BCUT2D eigenvalue weighted by molar-refractivity contribution is -0.392. The van der Waals surface area contributed by atoms with E-state index >= 15 is 0 Å². The number of hydrogen-bond donors (Lipinski definition) is 1. The number of nitrogens with zero attached hydrogens (tertiary/aromatic N) is 4. The average Bonchev–Trinajstić information content (AvgIpc) is 3.30. The monoisotopic (exact) mass is 722 g/mol. The summed E-state index contributed by atoms with van der Waals surface area (Å²) < 4.78 is 11.2. The number of phenols is 1. The van der Waals surface area contributed by atoms with Crippen LogP contribution in [0.15, 0.2) is 57.6 Å². The first-order chi connectivity index (χ1) is 22.7. The molecule has 6 rings (SSSR count). The minimum Gasteiger partial charge on any atom is -0.508 e. The van der Waals surface area contributed by atoms with Crippen LogP contribution in [0.25, 0.3) is 0 Å². The number of ether oxygens (including phenoxy) is 2.